The quantitative estimate of drug-likeness (QED) is 0.0594. The third-order valence-electron chi connectivity index (χ3n) is 22.4. The number of nitrogens with zero attached hydrogens (tertiary/aromatic N) is 6. The molecular formula is C100H88N6Si2. The number of benzene rings is 16. The molecule has 526 valence electrons. The molecule has 108 heavy (non-hydrogen) atoms. The Balaban J connectivity index is 0.719. The van der Waals surface area contributed by atoms with Gasteiger partial charge in [0.25, 0.3) is 0 Å². The zero-order valence-corrected chi connectivity index (χ0v) is 65.3. The summed E-state index contributed by atoms with van der Waals surface area (Å²) in [6.07, 6.45) is 1.05. The molecule has 0 aliphatic rings. The van der Waals surface area contributed by atoms with Crippen LogP contribution in [0.2, 0.25) is 38.8 Å². The average molecular weight is 1430 g/mol. The predicted molar refractivity (Wildman–Crippen MR) is 468 cm³/mol. The summed E-state index contributed by atoms with van der Waals surface area (Å²) in [4.78, 5) is 9.65. The minimum atomic E-state index is -2.00. The summed E-state index contributed by atoms with van der Waals surface area (Å²) in [6.45, 7) is 23.5. The summed E-state index contributed by atoms with van der Waals surface area (Å²) >= 11 is 0. The van der Waals surface area contributed by atoms with E-state index in [0.29, 0.717) is 23.0 Å². The van der Waals surface area contributed by atoms with Crippen molar-refractivity contribution in [2.45, 2.75) is 91.7 Å². The zero-order valence-electron chi connectivity index (χ0n) is 63.3. The average Bonchev–Trinajstić information content (AvgIpc) is 0.730. The van der Waals surface area contributed by atoms with Crippen LogP contribution in [0.5, 0.6) is 0 Å². The van der Waals surface area contributed by atoms with Crippen molar-refractivity contribution in [1.82, 2.24) is 0 Å². The van der Waals surface area contributed by atoms with Crippen LogP contribution in [0.15, 0.2) is 315 Å². The lowest BCUT2D eigenvalue weighted by molar-refractivity contribution is 0.726. The fourth-order valence-electron chi connectivity index (χ4n) is 16.1. The molecule has 0 aromatic heterocycles. The van der Waals surface area contributed by atoms with Crippen LogP contribution >= 0.6 is 0 Å². The van der Waals surface area contributed by atoms with Gasteiger partial charge in [0.15, 0.2) is 0 Å². The Labute approximate surface area is 637 Å². The second kappa shape index (κ2) is 28.9. The van der Waals surface area contributed by atoms with E-state index in [2.05, 4.69) is 390 Å². The number of fused-ring (bicyclic) bond motifs is 10. The van der Waals surface area contributed by atoms with Gasteiger partial charge in [0.05, 0.1) is 62.2 Å². The summed E-state index contributed by atoms with van der Waals surface area (Å²) in [7, 11) is -3.55. The van der Waals surface area contributed by atoms with Crippen molar-refractivity contribution in [3.63, 3.8) is 0 Å². The molecule has 0 N–H and O–H groups in total. The van der Waals surface area contributed by atoms with E-state index in [9.17, 15) is 10.5 Å². The molecule has 0 radical (unpaired) electrons. The Morgan fingerprint density at radius 1 is 0.287 bits per heavy atom. The van der Waals surface area contributed by atoms with Gasteiger partial charge in [-0.15, -0.1) is 0 Å². The molecule has 1 atom stereocenters. The molecule has 0 aliphatic heterocycles. The Morgan fingerprint density at radius 2 is 0.537 bits per heavy atom. The maximum atomic E-state index is 10.1. The van der Waals surface area contributed by atoms with E-state index in [1.807, 2.05) is 24.3 Å². The maximum absolute atomic E-state index is 10.1. The SMILES string of the molecule is Cc1ccc(N(c2ccc([Si](C)(C)C)cc2)c2cc3c4ccccc4c(N(c4ccc(C)cc4)c4ccc([Si](C)(C)CCC(C)c5ccc(N(c6ccc(C#N)cc6)c6cc7c8ccccc8c(N(c8ccc(C#N)cc8)c8ccc(C(C)C)cc8)cc7c7ccccc67)cc5)cc4)cc3c3ccccc23)cc1. The molecule has 8 heteroatoms. The van der Waals surface area contributed by atoms with Gasteiger partial charge in [-0.1, -0.05) is 251 Å². The normalized spacial score (nSPS) is 12.1. The van der Waals surface area contributed by atoms with E-state index in [4.69, 9.17) is 0 Å². The Hall–Kier alpha value is -12.3. The fourth-order valence-corrected chi connectivity index (χ4v) is 19.7. The van der Waals surface area contributed by atoms with Gasteiger partial charge in [-0.05, 0) is 232 Å². The first-order valence-corrected chi connectivity index (χ1v) is 44.6. The van der Waals surface area contributed by atoms with Crippen molar-refractivity contribution >= 4 is 159 Å². The molecule has 0 saturated heterocycles. The Morgan fingerprint density at radius 3 is 0.815 bits per heavy atom. The number of anilines is 12. The molecule has 0 aliphatic carbocycles. The summed E-state index contributed by atoms with van der Waals surface area (Å²) in [5.74, 6) is 0.698. The van der Waals surface area contributed by atoms with Crippen LogP contribution in [0.25, 0.3) is 64.6 Å². The largest absolute Gasteiger partial charge is 0.310 e. The van der Waals surface area contributed by atoms with Crippen LogP contribution in [-0.4, -0.2) is 16.1 Å². The van der Waals surface area contributed by atoms with Gasteiger partial charge in [-0.25, -0.2) is 0 Å². The minimum Gasteiger partial charge on any atom is -0.310 e. The summed E-state index contributed by atoms with van der Waals surface area (Å²) in [6, 6.07) is 122. The van der Waals surface area contributed by atoms with Gasteiger partial charge >= 0.3 is 0 Å². The second-order valence-electron chi connectivity index (χ2n) is 31.3. The van der Waals surface area contributed by atoms with Crippen molar-refractivity contribution in [3.8, 4) is 12.1 Å². The number of aryl methyl sites for hydroxylation is 2. The highest BCUT2D eigenvalue weighted by Crippen LogP contribution is 2.51. The van der Waals surface area contributed by atoms with E-state index in [0.717, 1.165) is 113 Å². The maximum Gasteiger partial charge on any atom is 0.0991 e. The molecule has 16 rings (SSSR count). The van der Waals surface area contributed by atoms with E-state index < -0.39 is 16.1 Å². The minimum absolute atomic E-state index is 0.310. The van der Waals surface area contributed by atoms with Gasteiger partial charge in [-0.3, -0.25) is 0 Å². The first kappa shape index (κ1) is 70.0. The first-order chi connectivity index (χ1) is 52.4. The highest BCUT2D eigenvalue weighted by atomic mass is 28.3. The van der Waals surface area contributed by atoms with Crippen molar-refractivity contribution in [2.24, 2.45) is 0 Å². The first-order valence-electron chi connectivity index (χ1n) is 37.9. The van der Waals surface area contributed by atoms with Gasteiger partial charge in [0, 0.05) is 67.0 Å². The number of rotatable bonds is 19. The summed E-state index contributed by atoms with van der Waals surface area (Å²) in [5, 5.41) is 36.8. The third-order valence-corrected chi connectivity index (χ3v) is 27.9. The summed E-state index contributed by atoms with van der Waals surface area (Å²) in [5.41, 5.74) is 19.2. The lowest BCUT2D eigenvalue weighted by Gasteiger charge is -2.31. The lowest BCUT2D eigenvalue weighted by atomic mass is 9.93. The van der Waals surface area contributed by atoms with Crippen molar-refractivity contribution < 1.29 is 0 Å². The molecule has 0 fully saturated rings. The van der Waals surface area contributed by atoms with Gasteiger partial charge in [0.2, 0.25) is 0 Å². The molecule has 0 heterocycles. The van der Waals surface area contributed by atoms with Gasteiger partial charge < -0.3 is 19.6 Å². The fraction of sp³-hybridized carbons (Fsp3) is 0.140. The van der Waals surface area contributed by atoms with E-state index in [1.165, 1.54) is 64.9 Å². The molecule has 0 saturated carbocycles. The zero-order chi connectivity index (χ0) is 74.5. The second-order valence-corrected chi connectivity index (χ2v) is 41.2. The topological polar surface area (TPSA) is 60.5 Å². The molecule has 1 unspecified atom stereocenters. The van der Waals surface area contributed by atoms with Crippen molar-refractivity contribution in [3.05, 3.63) is 349 Å². The van der Waals surface area contributed by atoms with Crippen LogP contribution in [0.4, 0.5) is 68.2 Å². The molecule has 6 nitrogen and oxygen atoms in total. The molecule has 0 spiro atoms. The van der Waals surface area contributed by atoms with Crippen LogP contribution in [-0.2, 0) is 0 Å². The Kier molecular flexibility index (Phi) is 18.7. The van der Waals surface area contributed by atoms with Crippen molar-refractivity contribution in [1.29, 1.82) is 10.5 Å². The van der Waals surface area contributed by atoms with Crippen LogP contribution in [0, 0.1) is 36.5 Å². The molecule has 16 aromatic rings. The van der Waals surface area contributed by atoms with Crippen LogP contribution in [0.3, 0.4) is 0 Å². The third kappa shape index (κ3) is 13.3. The molecule has 0 amide bonds. The van der Waals surface area contributed by atoms with E-state index in [-0.39, 0.29) is 0 Å². The smallest absolute Gasteiger partial charge is 0.0991 e. The highest BCUT2D eigenvalue weighted by Gasteiger charge is 2.29. The van der Waals surface area contributed by atoms with Crippen LogP contribution in [0.1, 0.15) is 72.4 Å². The van der Waals surface area contributed by atoms with Gasteiger partial charge in [0.1, 0.15) is 0 Å². The van der Waals surface area contributed by atoms with E-state index >= 15 is 0 Å². The standard InChI is InChI=1S/C100H88N6Si2/c1-67(2)73-35-47-79(48-36-73)105(77-43-31-71(65-101)32-44-77)99-63-95-88-22-14-18-26-92(88)100(64-96(95)87-21-13-17-25-91(87)99)106(78-45-33-72(66-102)34-46-78)80-49-37-74(38-50-80)70(5)59-60-108(9,10)84-57-53-82(54-58-84)104(76-41-29-69(4)30-42-76)98-62-94-85-19-11-15-23-89(85)97(61-93(94)86-20-12-16-24-90(86)98)103(75-39-27-68(3)28-40-75)81-51-55-83(56-52-81)107(6,7)8/h11-58,61-64,67,70H,59-60H2,1-10H3. The molecular weight excluding hydrogens is 1340 g/mol. The van der Waals surface area contributed by atoms with Crippen LogP contribution < -0.4 is 30.0 Å². The highest BCUT2D eigenvalue weighted by molar-refractivity contribution is 6.90. The van der Waals surface area contributed by atoms with Gasteiger partial charge in [-0.2, -0.15) is 10.5 Å². The Bertz CT molecular complexity index is 6130. The lowest BCUT2D eigenvalue weighted by Crippen LogP contribution is -2.41. The molecule has 0 bridgehead atoms. The monoisotopic (exact) mass is 1430 g/mol. The van der Waals surface area contributed by atoms with E-state index in [1.54, 1.807) is 0 Å². The number of nitriles is 2. The number of hydrogen-bond acceptors (Lipinski definition) is 6. The number of hydrogen-bond donors (Lipinski definition) is 0. The molecule has 16 aromatic carbocycles. The predicted octanol–water partition coefficient (Wildman–Crippen LogP) is 27.6. The summed E-state index contributed by atoms with van der Waals surface area (Å²) < 4.78 is 0. The van der Waals surface area contributed by atoms with Crippen molar-refractivity contribution in [2.75, 3.05) is 19.6 Å².